The van der Waals surface area contributed by atoms with Gasteiger partial charge in [0.15, 0.2) is 0 Å². The highest BCUT2D eigenvalue weighted by molar-refractivity contribution is 7.19. The van der Waals surface area contributed by atoms with Crippen LogP contribution in [0.1, 0.15) is 31.7 Å². The van der Waals surface area contributed by atoms with Crippen LogP contribution < -0.4 is 5.73 Å². The van der Waals surface area contributed by atoms with Crippen LogP contribution in [0, 0.1) is 5.92 Å². The molecule has 2 aromatic rings. The van der Waals surface area contributed by atoms with Crippen LogP contribution >= 0.6 is 11.3 Å². The number of hydrogen-bond acceptors (Lipinski definition) is 6. The van der Waals surface area contributed by atoms with E-state index >= 15 is 0 Å². The summed E-state index contributed by atoms with van der Waals surface area (Å²) >= 11 is 1.44. The Bertz CT molecular complexity index is 533. The van der Waals surface area contributed by atoms with Crippen LogP contribution in [0.3, 0.4) is 0 Å². The lowest BCUT2D eigenvalue weighted by Crippen LogP contribution is -2.08. The van der Waals surface area contributed by atoms with Crippen molar-refractivity contribution in [3.63, 3.8) is 0 Å². The highest BCUT2D eigenvalue weighted by atomic mass is 32.1. The van der Waals surface area contributed by atoms with Crippen molar-refractivity contribution in [3.8, 4) is 10.8 Å². The molecule has 2 aromatic heterocycles. The molecule has 1 fully saturated rings. The Kier molecular flexibility index (Phi) is 3.05. The average Bonchev–Trinajstić information content (AvgIpc) is 2.91. The molecule has 6 heteroatoms. The van der Waals surface area contributed by atoms with Gasteiger partial charge in [-0.3, -0.25) is 0 Å². The molecule has 0 saturated heterocycles. The third-order valence-electron chi connectivity index (χ3n) is 2.93. The molecule has 1 aliphatic carbocycles. The molecule has 0 aromatic carbocycles. The van der Waals surface area contributed by atoms with E-state index in [1.54, 1.807) is 0 Å². The molecule has 18 heavy (non-hydrogen) atoms. The first kappa shape index (κ1) is 11.7. The Hall–Kier alpha value is -1.40. The van der Waals surface area contributed by atoms with Crippen LogP contribution in [0.15, 0.2) is 16.7 Å². The monoisotopic (exact) mass is 265 g/mol. The van der Waals surface area contributed by atoms with Crippen LogP contribution in [-0.4, -0.2) is 16.7 Å². The molecule has 1 unspecified atom stereocenters. The molecule has 2 heterocycles. The molecule has 1 atom stereocenters. The van der Waals surface area contributed by atoms with Gasteiger partial charge in [0, 0.05) is 6.61 Å². The minimum atomic E-state index is -0.0233. The molecule has 1 aliphatic rings. The third kappa shape index (κ3) is 2.26. The fourth-order valence-corrected chi connectivity index (χ4v) is 2.61. The molecular weight excluding hydrogens is 250 g/mol. The fraction of sp³-hybridized carbons (Fsp3) is 0.500. The van der Waals surface area contributed by atoms with Gasteiger partial charge in [-0.05, 0) is 37.8 Å². The molecule has 3 rings (SSSR count). The van der Waals surface area contributed by atoms with Crippen molar-refractivity contribution < 1.29 is 9.26 Å². The standard InChI is InChI=1S/C12H15N3O2S/c1-2-16-10(7-3-4-7)11-14-12(17-15-11)8-5-6-9(13)18-8/h5-7,10H,2-4,13H2,1H3. The van der Waals surface area contributed by atoms with Crippen LogP contribution in [0.2, 0.25) is 0 Å². The van der Waals surface area contributed by atoms with E-state index in [4.69, 9.17) is 15.0 Å². The number of rotatable bonds is 5. The van der Waals surface area contributed by atoms with Gasteiger partial charge in [0.1, 0.15) is 6.10 Å². The second-order valence-corrected chi connectivity index (χ2v) is 5.49. The van der Waals surface area contributed by atoms with E-state index in [9.17, 15) is 0 Å². The lowest BCUT2D eigenvalue weighted by Gasteiger charge is -2.10. The zero-order chi connectivity index (χ0) is 12.5. The fourth-order valence-electron chi connectivity index (χ4n) is 1.92. The second-order valence-electron chi connectivity index (χ2n) is 4.37. The number of aromatic nitrogens is 2. The number of thiophene rings is 1. The first-order valence-electron chi connectivity index (χ1n) is 6.09. The van der Waals surface area contributed by atoms with Gasteiger partial charge in [0.25, 0.3) is 5.89 Å². The SMILES string of the molecule is CCOC(c1noc(-c2ccc(N)s2)n1)C1CC1. The van der Waals surface area contributed by atoms with Crippen molar-refractivity contribution in [3.05, 3.63) is 18.0 Å². The average molecular weight is 265 g/mol. The van der Waals surface area contributed by atoms with E-state index in [1.807, 2.05) is 19.1 Å². The highest BCUT2D eigenvalue weighted by Gasteiger charge is 2.36. The maximum absolute atomic E-state index is 5.70. The normalized spacial score (nSPS) is 16.9. The van der Waals surface area contributed by atoms with Crippen molar-refractivity contribution in [1.82, 2.24) is 10.1 Å². The molecule has 0 radical (unpaired) electrons. The van der Waals surface area contributed by atoms with Gasteiger partial charge in [0.2, 0.25) is 5.82 Å². The van der Waals surface area contributed by atoms with E-state index < -0.39 is 0 Å². The Balaban J connectivity index is 1.83. The predicted molar refractivity (Wildman–Crippen MR) is 69.1 cm³/mol. The Morgan fingerprint density at radius 1 is 1.56 bits per heavy atom. The lowest BCUT2D eigenvalue weighted by atomic mass is 10.2. The zero-order valence-corrected chi connectivity index (χ0v) is 10.9. The predicted octanol–water partition coefficient (Wildman–Crippen LogP) is 2.87. The van der Waals surface area contributed by atoms with Gasteiger partial charge in [-0.2, -0.15) is 4.98 Å². The number of hydrogen-bond donors (Lipinski definition) is 1. The van der Waals surface area contributed by atoms with E-state index in [0.717, 1.165) is 9.88 Å². The van der Waals surface area contributed by atoms with Crippen LogP contribution in [0.5, 0.6) is 0 Å². The summed E-state index contributed by atoms with van der Waals surface area (Å²) in [4.78, 5) is 5.33. The first-order valence-corrected chi connectivity index (χ1v) is 6.90. The summed E-state index contributed by atoms with van der Waals surface area (Å²) in [6.45, 7) is 2.65. The van der Waals surface area contributed by atoms with Crippen LogP contribution in [-0.2, 0) is 4.74 Å². The molecule has 96 valence electrons. The molecule has 0 amide bonds. The molecule has 0 spiro atoms. The number of nitrogens with zero attached hydrogens (tertiary/aromatic N) is 2. The molecule has 5 nitrogen and oxygen atoms in total. The van der Waals surface area contributed by atoms with Crippen molar-refractivity contribution >= 4 is 16.3 Å². The van der Waals surface area contributed by atoms with Gasteiger partial charge in [-0.25, -0.2) is 0 Å². The Morgan fingerprint density at radius 3 is 3.00 bits per heavy atom. The third-order valence-corrected chi connectivity index (χ3v) is 3.83. The molecular formula is C12H15N3O2S. The molecule has 1 saturated carbocycles. The molecule has 0 aliphatic heterocycles. The summed E-state index contributed by atoms with van der Waals surface area (Å²) in [5.74, 6) is 1.72. The summed E-state index contributed by atoms with van der Waals surface area (Å²) in [5.41, 5.74) is 5.69. The summed E-state index contributed by atoms with van der Waals surface area (Å²) in [5, 5.41) is 4.78. The number of anilines is 1. The van der Waals surface area contributed by atoms with Gasteiger partial charge in [-0.1, -0.05) is 5.16 Å². The quantitative estimate of drug-likeness (QED) is 0.899. The second kappa shape index (κ2) is 4.70. The largest absolute Gasteiger partial charge is 0.391 e. The van der Waals surface area contributed by atoms with E-state index in [-0.39, 0.29) is 6.10 Å². The zero-order valence-electron chi connectivity index (χ0n) is 10.1. The van der Waals surface area contributed by atoms with Crippen LogP contribution in [0.25, 0.3) is 10.8 Å². The lowest BCUT2D eigenvalue weighted by molar-refractivity contribution is 0.0385. The minimum absolute atomic E-state index is 0.0233. The van der Waals surface area contributed by atoms with Gasteiger partial charge in [-0.15, -0.1) is 11.3 Å². The summed E-state index contributed by atoms with van der Waals surface area (Å²) < 4.78 is 11.0. The van der Waals surface area contributed by atoms with Crippen molar-refractivity contribution in [2.75, 3.05) is 12.3 Å². The number of nitrogen functional groups attached to an aromatic ring is 1. The molecule has 0 bridgehead atoms. The summed E-state index contributed by atoms with van der Waals surface area (Å²) in [6.07, 6.45) is 2.34. The maximum atomic E-state index is 5.70. The minimum Gasteiger partial charge on any atom is -0.391 e. The summed E-state index contributed by atoms with van der Waals surface area (Å²) in [7, 11) is 0. The van der Waals surface area contributed by atoms with Crippen molar-refractivity contribution in [1.29, 1.82) is 0 Å². The smallest absolute Gasteiger partial charge is 0.268 e. The van der Waals surface area contributed by atoms with Crippen molar-refractivity contribution in [2.24, 2.45) is 5.92 Å². The highest BCUT2D eigenvalue weighted by Crippen LogP contribution is 2.42. The number of ether oxygens (including phenoxy) is 1. The Labute approximate surface area is 109 Å². The molecule has 2 N–H and O–H groups in total. The summed E-state index contributed by atoms with van der Waals surface area (Å²) in [6, 6.07) is 3.73. The van der Waals surface area contributed by atoms with Gasteiger partial charge >= 0.3 is 0 Å². The van der Waals surface area contributed by atoms with Crippen LogP contribution in [0.4, 0.5) is 5.00 Å². The van der Waals surface area contributed by atoms with E-state index in [1.165, 1.54) is 24.2 Å². The maximum Gasteiger partial charge on any atom is 0.268 e. The Morgan fingerprint density at radius 2 is 2.39 bits per heavy atom. The van der Waals surface area contributed by atoms with E-state index in [2.05, 4.69) is 10.1 Å². The van der Waals surface area contributed by atoms with E-state index in [0.29, 0.717) is 24.2 Å². The van der Waals surface area contributed by atoms with Gasteiger partial charge < -0.3 is 15.0 Å². The van der Waals surface area contributed by atoms with Gasteiger partial charge in [0.05, 0.1) is 9.88 Å². The topological polar surface area (TPSA) is 74.2 Å². The number of nitrogens with two attached hydrogens (primary N) is 1. The first-order chi connectivity index (χ1) is 8.78. The van der Waals surface area contributed by atoms with Crippen molar-refractivity contribution in [2.45, 2.75) is 25.9 Å².